The maximum atomic E-state index is 11.4. The number of aromatic nitrogens is 2. The smallest absolute Gasteiger partial charge is 0.420 e. The number of rotatable bonds is 5. The van der Waals surface area contributed by atoms with Crippen LogP contribution < -0.4 is 0 Å². The van der Waals surface area contributed by atoms with Crippen LogP contribution in [-0.4, -0.2) is 43.9 Å². The van der Waals surface area contributed by atoms with Gasteiger partial charge in [-0.15, -0.1) is 0 Å². The molecule has 0 saturated carbocycles. The lowest BCUT2D eigenvalue weighted by Gasteiger charge is -2.12. The maximum Gasteiger partial charge on any atom is 0.420 e. The Morgan fingerprint density at radius 2 is 2.06 bits per heavy atom. The number of nitrogens with zero attached hydrogens (tertiary/aromatic N) is 2. The van der Waals surface area contributed by atoms with E-state index in [4.69, 9.17) is 10.2 Å². The Kier molecular flexibility index (Phi) is 4.21. The van der Waals surface area contributed by atoms with E-state index in [1.165, 1.54) is 12.4 Å². The number of carbonyl (C=O) groups excluding carboxylic acids is 1. The van der Waals surface area contributed by atoms with Gasteiger partial charge in [-0.25, -0.2) is 19.1 Å². The number of carboxylic acid groups (broad SMARTS) is 2. The number of ether oxygens (including phenoxy) is 1. The van der Waals surface area contributed by atoms with Crippen LogP contribution in [0.25, 0.3) is 0 Å². The summed E-state index contributed by atoms with van der Waals surface area (Å²) in [4.78, 5) is 36.0. The Bertz CT molecular complexity index is 413. The summed E-state index contributed by atoms with van der Waals surface area (Å²) in [7, 11) is 0. The summed E-state index contributed by atoms with van der Waals surface area (Å²) < 4.78 is 5.58. The van der Waals surface area contributed by atoms with E-state index in [2.05, 4.69) is 9.72 Å². The normalized spacial score (nSPS) is 11.8. The van der Waals surface area contributed by atoms with E-state index >= 15 is 0 Å². The van der Waals surface area contributed by atoms with Crippen molar-refractivity contribution in [2.75, 3.05) is 0 Å². The van der Waals surface area contributed by atoms with E-state index in [0.29, 0.717) is 0 Å². The minimum Gasteiger partial charge on any atom is -0.481 e. The van der Waals surface area contributed by atoms with Crippen LogP contribution in [0.2, 0.25) is 0 Å². The molecule has 0 unspecified atom stereocenters. The summed E-state index contributed by atoms with van der Waals surface area (Å²) >= 11 is 0. The van der Waals surface area contributed by atoms with Crippen molar-refractivity contribution in [2.24, 2.45) is 0 Å². The van der Waals surface area contributed by atoms with Crippen LogP contribution in [-0.2, 0) is 14.3 Å². The third-order valence-electron chi connectivity index (χ3n) is 1.85. The molecule has 0 radical (unpaired) electrons. The number of carboxylic acids is 2. The van der Waals surface area contributed by atoms with Gasteiger partial charge < -0.3 is 14.9 Å². The summed E-state index contributed by atoms with van der Waals surface area (Å²) in [6.45, 7) is 0. The molecule has 0 bridgehead atoms. The van der Waals surface area contributed by atoms with Crippen molar-refractivity contribution in [1.29, 1.82) is 0 Å². The van der Waals surface area contributed by atoms with Crippen molar-refractivity contribution < 1.29 is 29.3 Å². The van der Waals surface area contributed by atoms with E-state index in [0.717, 1.165) is 10.9 Å². The van der Waals surface area contributed by atoms with Gasteiger partial charge in [-0.2, -0.15) is 0 Å². The molecular weight excluding hydrogens is 232 g/mol. The third kappa shape index (κ3) is 3.93. The molecule has 8 nitrogen and oxygen atoms in total. The zero-order valence-corrected chi connectivity index (χ0v) is 8.65. The summed E-state index contributed by atoms with van der Waals surface area (Å²) in [5.74, 6) is -2.55. The van der Waals surface area contributed by atoms with Gasteiger partial charge >= 0.3 is 18.0 Å². The number of aliphatic carboxylic acids is 2. The lowest BCUT2D eigenvalue weighted by molar-refractivity contribution is -0.148. The zero-order chi connectivity index (χ0) is 12.8. The van der Waals surface area contributed by atoms with Crippen molar-refractivity contribution >= 4 is 18.0 Å². The van der Waals surface area contributed by atoms with Crippen LogP contribution in [0.3, 0.4) is 0 Å². The summed E-state index contributed by atoms with van der Waals surface area (Å²) in [6, 6.07) is 0. The highest BCUT2D eigenvalue weighted by Gasteiger charge is 2.23. The predicted molar refractivity (Wildman–Crippen MR) is 52.4 cm³/mol. The fourth-order valence-corrected chi connectivity index (χ4v) is 1.04. The van der Waals surface area contributed by atoms with Gasteiger partial charge in [0.2, 0.25) is 6.10 Å². The highest BCUT2D eigenvalue weighted by molar-refractivity contribution is 5.78. The topological polar surface area (TPSA) is 119 Å². The maximum absolute atomic E-state index is 11.4. The van der Waals surface area contributed by atoms with Crippen molar-refractivity contribution in [1.82, 2.24) is 9.55 Å². The van der Waals surface area contributed by atoms with Gasteiger partial charge in [-0.3, -0.25) is 4.79 Å². The van der Waals surface area contributed by atoms with Crippen LogP contribution >= 0.6 is 0 Å². The molecule has 0 aliphatic heterocycles. The summed E-state index contributed by atoms with van der Waals surface area (Å²) in [5.41, 5.74) is 0. The van der Waals surface area contributed by atoms with Gasteiger partial charge in [0.05, 0.1) is 0 Å². The minimum absolute atomic E-state index is 0.287. The second-order valence-electron chi connectivity index (χ2n) is 3.11. The number of hydrogen-bond donors (Lipinski definition) is 2. The van der Waals surface area contributed by atoms with Gasteiger partial charge in [0.15, 0.2) is 0 Å². The Morgan fingerprint density at radius 1 is 1.35 bits per heavy atom. The lowest BCUT2D eigenvalue weighted by atomic mass is 10.2. The summed E-state index contributed by atoms with van der Waals surface area (Å²) in [6.07, 6.45) is 0.686. The van der Waals surface area contributed by atoms with E-state index in [1.807, 2.05) is 0 Å². The standard InChI is InChI=1S/C9H10N2O6/c12-7(13)2-1-6(8(14)15)17-9(16)11-4-3-10-5-11/h3-6H,1-2H2,(H,12,13)(H,14,15)/t6-/m0/s1. The molecule has 17 heavy (non-hydrogen) atoms. The van der Waals surface area contributed by atoms with E-state index in [9.17, 15) is 14.4 Å². The molecule has 0 aromatic carbocycles. The molecule has 92 valence electrons. The second-order valence-corrected chi connectivity index (χ2v) is 3.11. The zero-order valence-electron chi connectivity index (χ0n) is 8.65. The fourth-order valence-electron chi connectivity index (χ4n) is 1.04. The monoisotopic (exact) mass is 242 g/mol. The van der Waals surface area contributed by atoms with Gasteiger partial charge in [-0.05, 0) is 0 Å². The fraction of sp³-hybridized carbons (Fsp3) is 0.333. The Labute approximate surface area is 95.4 Å². The SMILES string of the molecule is O=C(O)CC[C@H](OC(=O)n1ccnc1)C(=O)O. The lowest BCUT2D eigenvalue weighted by Crippen LogP contribution is -2.29. The van der Waals surface area contributed by atoms with Gasteiger partial charge in [0.25, 0.3) is 0 Å². The first-order chi connectivity index (χ1) is 8.00. The molecule has 8 heteroatoms. The first-order valence-electron chi connectivity index (χ1n) is 4.64. The van der Waals surface area contributed by atoms with Crippen molar-refractivity contribution in [3.63, 3.8) is 0 Å². The molecule has 0 amide bonds. The van der Waals surface area contributed by atoms with Crippen molar-refractivity contribution in [3.8, 4) is 0 Å². The van der Waals surface area contributed by atoms with Gasteiger partial charge in [0, 0.05) is 25.2 Å². The van der Waals surface area contributed by atoms with Gasteiger partial charge in [0.1, 0.15) is 6.33 Å². The van der Waals surface area contributed by atoms with Crippen LogP contribution in [0.15, 0.2) is 18.7 Å². The van der Waals surface area contributed by atoms with E-state index in [1.54, 1.807) is 0 Å². The van der Waals surface area contributed by atoms with Crippen LogP contribution in [0, 0.1) is 0 Å². The first-order valence-corrected chi connectivity index (χ1v) is 4.64. The third-order valence-corrected chi connectivity index (χ3v) is 1.85. The second kappa shape index (κ2) is 5.64. The number of carbonyl (C=O) groups is 3. The molecule has 0 aliphatic carbocycles. The molecule has 2 N–H and O–H groups in total. The minimum atomic E-state index is -1.49. The average molecular weight is 242 g/mol. The molecule has 1 heterocycles. The average Bonchev–Trinajstić information content (AvgIpc) is 2.76. The molecule has 0 aliphatic rings. The molecule has 1 aromatic rings. The van der Waals surface area contributed by atoms with Crippen molar-refractivity contribution in [3.05, 3.63) is 18.7 Å². The van der Waals surface area contributed by atoms with Crippen LogP contribution in [0.5, 0.6) is 0 Å². The Morgan fingerprint density at radius 3 is 2.53 bits per heavy atom. The number of imidazole rings is 1. The molecule has 0 saturated heterocycles. The molecular formula is C9H10N2O6. The highest BCUT2D eigenvalue weighted by atomic mass is 16.6. The predicted octanol–water partition coefficient (Wildman–Crippen LogP) is 0.186. The van der Waals surface area contributed by atoms with Crippen molar-refractivity contribution in [2.45, 2.75) is 18.9 Å². The molecule has 1 aromatic heterocycles. The molecule has 1 atom stereocenters. The molecule has 0 spiro atoms. The van der Waals surface area contributed by atoms with E-state index in [-0.39, 0.29) is 6.42 Å². The number of hydrogen-bond acceptors (Lipinski definition) is 5. The van der Waals surface area contributed by atoms with Crippen LogP contribution in [0.4, 0.5) is 4.79 Å². The van der Waals surface area contributed by atoms with Crippen LogP contribution in [0.1, 0.15) is 12.8 Å². The Balaban J connectivity index is 2.58. The molecule has 0 fully saturated rings. The van der Waals surface area contributed by atoms with E-state index < -0.39 is 30.6 Å². The molecule has 1 rings (SSSR count). The quantitative estimate of drug-likeness (QED) is 0.756. The largest absolute Gasteiger partial charge is 0.481 e. The first kappa shape index (κ1) is 12.7. The van der Waals surface area contributed by atoms with Gasteiger partial charge in [-0.1, -0.05) is 0 Å². The highest BCUT2D eigenvalue weighted by Crippen LogP contribution is 2.05. The summed E-state index contributed by atoms with van der Waals surface area (Å²) in [5, 5.41) is 17.2. The Hall–Kier alpha value is -2.38.